The number of rotatable bonds is 0. The fraction of sp³-hybridized carbons (Fsp3) is 0.303. The molecule has 0 unspecified atom stereocenters. The molecule has 7 heteroatoms. The van der Waals surface area contributed by atoms with E-state index in [1.807, 2.05) is 136 Å². The van der Waals surface area contributed by atoms with E-state index in [4.69, 9.17) is 0 Å². The number of pyridine rings is 1. The summed E-state index contributed by atoms with van der Waals surface area (Å²) >= 11 is 0. The Hall–Kier alpha value is -4.39. The third-order valence-electron chi connectivity index (χ3n) is 2.67. The van der Waals surface area contributed by atoms with Crippen molar-refractivity contribution < 1.29 is 0 Å². The van der Waals surface area contributed by atoms with Gasteiger partial charge in [-0.1, -0.05) is 112 Å². The average molecular weight is 548 g/mol. The van der Waals surface area contributed by atoms with Crippen LogP contribution in [-0.2, 0) is 0 Å². The lowest BCUT2D eigenvalue weighted by molar-refractivity contribution is 1.03. The van der Waals surface area contributed by atoms with E-state index >= 15 is 0 Å². The van der Waals surface area contributed by atoms with Gasteiger partial charge in [0, 0.05) is 62.0 Å². The Morgan fingerprint density at radius 3 is 0.600 bits per heavy atom. The predicted octanol–water partition coefficient (Wildman–Crippen LogP) is 9.33. The third-order valence-corrected chi connectivity index (χ3v) is 2.67. The average Bonchev–Trinajstić information content (AvgIpc) is 3.14. The highest BCUT2D eigenvalue weighted by molar-refractivity contribution is 4.99. The summed E-state index contributed by atoms with van der Waals surface area (Å²) in [6.45, 7) is 20.0. The van der Waals surface area contributed by atoms with Crippen molar-refractivity contribution in [2.75, 3.05) is 0 Å². The molecule has 4 aromatic heterocycles. The molecule has 0 aliphatic rings. The number of nitrogens with zero attached hydrogens (tertiary/aromatic N) is 7. The van der Waals surface area contributed by atoms with Crippen molar-refractivity contribution in [3.8, 4) is 0 Å². The van der Waals surface area contributed by atoms with Crippen LogP contribution in [0, 0.1) is 0 Å². The molecule has 4 heterocycles. The summed E-state index contributed by atoms with van der Waals surface area (Å²) < 4.78 is 0. The summed E-state index contributed by atoms with van der Waals surface area (Å²) in [6.07, 6.45) is 18.2. The van der Waals surface area contributed by atoms with E-state index in [0.29, 0.717) is 0 Å². The molecule has 0 aliphatic carbocycles. The molecular weight excluding hydrogens is 494 g/mol. The van der Waals surface area contributed by atoms with E-state index in [1.54, 1.807) is 68.0 Å². The van der Waals surface area contributed by atoms with E-state index in [0.717, 1.165) is 0 Å². The van der Waals surface area contributed by atoms with Crippen molar-refractivity contribution in [2.45, 2.75) is 69.2 Å². The van der Waals surface area contributed by atoms with E-state index in [1.165, 1.54) is 6.33 Å². The summed E-state index contributed by atoms with van der Waals surface area (Å²) in [5.41, 5.74) is 0. The van der Waals surface area contributed by atoms with Crippen LogP contribution >= 0.6 is 0 Å². The maximum Gasteiger partial charge on any atom is 0.115 e. The molecule has 5 aromatic rings. The Morgan fingerprint density at radius 1 is 0.225 bits per heavy atom. The van der Waals surface area contributed by atoms with E-state index in [2.05, 4.69) is 35.1 Å². The van der Waals surface area contributed by atoms with Gasteiger partial charge < -0.3 is 0 Å². The largest absolute Gasteiger partial charge is 0.265 e. The molecule has 0 fully saturated rings. The van der Waals surface area contributed by atoms with Crippen LogP contribution in [0.4, 0.5) is 0 Å². The highest BCUT2D eigenvalue weighted by Gasteiger charge is 1.61. The summed E-state index contributed by atoms with van der Waals surface area (Å²) in [5, 5.41) is 7.07. The maximum atomic E-state index is 3.78. The van der Waals surface area contributed by atoms with Gasteiger partial charge in [0.1, 0.15) is 6.33 Å². The Morgan fingerprint density at radius 2 is 0.475 bits per heavy atom. The topological polar surface area (TPSA) is 90.2 Å². The van der Waals surface area contributed by atoms with Gasteiger partial charge in [-0.2, -0.15) is 10.2 Å². The van der Waals surface area contributed by atoms with Crippen LogP contribution < -0.4 is 0 Å². The van der Waals surface area contributed by atoms with Crippen molar-refractivity contribution in [2.24, 2.45) is 0 Å². The molecule has 0 amide bonds. The molecule has 7 nitrogen and oxygen atoms in total. The molecule has 0 aliphatic heterocycles. The van der Waals surface area contributed by atoms with Crippen LogP contribution in [0.5, 0.6) is 0 Å². The first-order chi connectivity index (χ1) is 20.0. The molecule has 0 bridgehead atoms. The highest BCUT2D eigenvalue weighted by atomic mass is 15.1. The zero-order valence-electron chi connectivity index (χ0n) is 26.4. The Bertz CT molecular complexity index is 569. The van der Waals surface area contributed by atoms with Gasteiger partial charge in [-0.3, -0.25) is 15.0 Å². The zero-order valence-corrected chi connectivity index (χ0v) is 26.4. The number of hydrogen-bond donors (Lipinski definition) is 0. The van der Waals surface area contributed by atoms with Gasteiger partial charge >= 0.3 is 0 Å². The minimum Gasteiger partial charge on any atom is -0.265 e. The van der Waals surface area contributed by atoms with Crippen molar-refractivity contribution in [3.05, 3.63) is 141 Å². The van der Waals surface area contributed by atoms with Gasteiger partial charge in [0.15, 0.2) is 0 Å². The maximum absolute atomic E-state index is 3.78. The Kier molecular flexibility index (Phi) is 67.8. The molecule has 0 radical (unpaired) electrons. The molecule has 0 spiro atoms. The van der Waals surface area contributed by atoms with Crippen LogP contribution in [-0.4, -0.2) is 35.1 Å². The molecular formula is C33H53N7. The number of hydrogen-bond acceptors (Lipinski definition) is 7. The van der Waals surface area contributed by atoms with Crippen LogP contribution in [0.2, 0.25) is 0 Å². The first kappa shape index (κ1) is 45.5. The van der Waals surface area contributed by atoms with Gasteiger partial charge in [0.25, 0.3) is 0 Å². The molecule has 5 rings (SSSR count). The second-order valence-electron chi connectivity index (χ2n) is 4.89. The molecule has 0 atom stereocenters. The summed E-state index contributed by atoms with van der Waals surface area (Å²) in [6, 6.07) is 23.1. The Labute approximate surface area is 245 Å². The standard InChI is InChI=1S/C6H6.C5H5N.3C4H4N2.5C2H6/c2*1-2-4-6-5-3-1;1-2-6-4-3-5-1;1-2-5-4-6-3-1;1-2-4-6-5-3-1;5*1-2/h1-6H;1-5H;3*1-4H;5*1-2H3. The van der Waals surface area contributed by atoms with Gasteiger partial charge in [-0.05, 0) is 30.3 Å². The van der Waals surface area contributed by atoms with Crippen molar-refractivity contribution in [1.82, 2.24) is 35.1 Å². The lowest BCUT2D eigenvalue weighted by Gasteiger charge is -1.70. The third kappa shape index (κ3) is 54.5. The van der Waals surface area contributed by atoms with Crippen LogP contribution in [0.15, 0.2) is 141 Å². The Balaban J connectivity index is -0.000000118. The second-order valence-corrected chi connectivity index (χ2v) is 4.89. The number of aromatic nitrogens is 7. The summed E-state index contributed by atoms with van der Waals surface area (Å²) in [7, 11) is 0. The first-order valence-electron chi connectivity index (χ1n) is 14.0. The predicted molar refractivity (Wildman–Crippen MR) is 174 cm³/mol. The molecule has 40 heavy (non-hydrogen) atoms. The summed E-state index contributed by atoms with van der Waals surface area (Å²) in [4.78, 5) is 18.6. The fourth-order valence-corrected chi connectivity index (χ4v) is 1.46. The van der Waals surface area contributed by atoms with Gasteiger partial charge in [0.05, 0.1) is 0 Å². The molecule has 1 aromatic carbocycles. The van der Waals surface area contributed by atoms with Crippen molar-refractivity contribution in [3.63, 3.8) is 0 Å². The van der Waals surface area contributed by atoms with Crippen molar-refractivity contribution in [1.29, 1.82) is 0 Å². The van der Waals surface area contributed by atoms with E-state index in [9.17, 15) is 0 Å². The molecule has 220 valence electrons. The smallest absolute Gasteiger partial charge is 0.115 e. The van der Waals surface area contributed by atoms with E-state index in [-0.39, 0.29) is 0 Å². The lowest BCUT2D eigenvalue weighted by atomic mass is 10.4. The summed E-state index contributed by atoms with van der Waals surface area (Å²) in [5.74, 6) is 0. The normalized spacial score (nSPS) is 6.75. The molecule has 0 N–H and O–H groups in total. The minimum atomic E-state index is 1.50. The van der Waals surface area contributed by atoms with Crippen LogP contribution in [0.25, 0.3) is 0 Å². The zero-order chi connectivity index (χ0) is 31.2. The van der Waals surface area contributed by atoms with Crippen LogP contribution in [0.3, 0.4) is 0 Å². The molecule has 0 saturated heterocycles. The lowest BCUT2D eigenvalue weighted by Crippen LogP contribution is -1.69. The minimum absolute atomic E-state index is 1.50. The van der Waals surface area contributed by atoms with E-state index < -0.39 is 0 Å². The first-order valence-corrected chi connectivity index (χ1v) is 14.0. The molecule has 0 saturated carbocycles. The SMILES string of the molecule is CC.CC.CC.CC.CC.c1ccccc1.c1ccncc1.c1ccnnc1.c1cnccn1.c1cncnc1. The van der Waals surface area contributed by atoms with Gasteiger partial charge in [-0.15, -0.1) is 0 Å². The second kappa shape index (κ2) is 59.6. The van der Waals surface area contributed by atoms with Crippen LogP contribution in [0.1, 0.15) is 69.2 Å². The van der Waals surface area contributed by atoms with Gasteiger partial charge in [0.2, 0.25) is 0 Å². The number of benzene rings is 1. The fourth-order valence-electron chi connectivity index (χ4n) is 1.46. The van der Waals surface area contributed by atoms with Gasteiger partial charge in [-0.25, -0.2) is 9.97 Å². The quantitative estimate of drug-likeness (QED) is 0.191. The highest BCUT2D eigenvalue weighted by Crippen LogP contribution is 1.80. The monoisotopic (exact) mass is 547 g/mol. The van der Waals surface area contributed by atoms with Crippen molar-refractivity contribution >= 4 is 0 Å².